The van der Waals surface area contributed by atoms with Crippen LogP contribution in [0.1, 0.15) is 69.4 Å². The van der Waals surface area contributed by atoms with Crippen molar-refractivity contribution in [2.24, 2.45) is 0 Å². The lowest BCUT2D eigenvalue weighted by Gasteiger charge is -2.28. The van der Waals surface area contributed by atoms with Crippen molar-refractivity contribution in [3.8, 4) is 0 Å². The molecular formula is C20H24F5N3O2. The summed E-state index contributed by atoms with van der Waals surface area (Å²) in [6.07, 6.45) is -4.07. The van der Waals surface area contributed by atoms with Crippen molar-refractivity contribution >= 4 is 16.9 Å². The van der Waals surface area contributed by atoms with E-state index in [2.05, 4.69) is 9.97 Å². The molecule has 0 amide bonds. The van der Waals surface area contributed by atoms with Crippen LogP contribution in [0.3, 0.4) is 0 Å². The summed E-state index contributed by atoms with van der Waals surface area (Å²) in [5.74, 6) is 0.165. The minimum Gasteiger partial charge on any atom is -0.384 e. The van der Waals surface area contributed by atoms with Gasteiger partial charge in [0.1, 0.15) is 28.4 Å². The number of halogens is 5. The molecule has 0 spiro atoms. The molecule has 0 radical (unpaired) electrons. The second-order valence-electron chi connectivity index (χ2n) is 8.10. The Morgan fingerprint density at radius 2 is 1.93 bits per heavy atom. The number of rotatable bonds is 9. The Morgan fingerprint density at radius 1 is 1.23 bits per heavy atom. The smallest absolute Gasteiger partial charge is 0.384 e. The second-order valence-corrected chi connectivity index (χ2v) is 8.10. The average molecular weight is 433 g/mol. The van der Waals surface area contributed by atoms with Gasteiger partial charge in [-0.25, -0.2) is 18.7 Å². The van der Waals surface area contributed by atoms with Gasteiger partial charge in [0, 0.05) is 25.3 Å². The van der Waals surface area contributed by atoms with Crippen molar-refractivity contribution in [2.45, 2.75) is 82.5 Å². The van der Waals surface area contributed by atoms with Gasteiger partial charge in [0.25, 0.3) is 6.43 Å². The van der Waals surface area contributed by atoms with Crippen molar-refractivity contribution in [2.75, 3.05) is 0 Å². The number of pyridine rings is 1. The molecular weight excluding hydrogens is 409 g/mol. The standard InChI is InChI=1S/C20H24F5N3O2/c1-19(30,18(21)22)11-13(29)7-2-3-8-16-26-14-9-10-15(20(23,24)25)27-17(14)28(16)12-5-4-6-12/h9-10,12,18,30H,2-8,11H2,1H3. The summed E-state index contributed by atoms with van der Waals surface area (Å²) >= 11 is 0. The van der Waals surface area contributed by atoms with Crippen molar-refractivity contribution in [3.63, 3.8) is 0 Å². The lowest BCUT2D eigenvalue weighted by atomic mass is 9.92. The molecule has 166 valence electrons. The number of imidazole rings is 1. The zero-order chi connectivity index (χ0) is 22.1. The van der Waals surface area contributed by atoms with Gasteiger partial charge in [-0.05, 0) is 51.2 Å². The molecule has 0 saturated heterocycles. The first-order valence-corrected chi connectivity index (χ1v) is 9.96. The van der Waals surface area contributed by atoms with E-state index in [4.69, 9.17) is 0 Å². The first-order valence-electron chi connectivity index (χ1n) is 9.96. The molecule has 0 aliphatic heterocycles. The van der Waals surface area contributed by atoms with Crippen LogP contribution in [0.25, 0.3) is 11.2 Å². The quantitative estimate of drug-likeness (QED) is 0.453. The maximum absolute atomic E-state index is 13.1. The van der Waals surface area contributed by atoms with Gasteiger partial charge in [0.15, 0.2) is 5.65 Å². The fourth-order valence-corrected chi connectivity index (χ4v) is 3.55. The molecule has 1 saturated carbocycles. The average Bonchev–Trinajstić information content (AvgIpc) is 2.93. The largest absolute Gasteiger partial charge is 0.433 e. The highest BCUT2D eigenvalue weighted by Crippen LogP contribution is 2.37. The number of alkyl halides is 5. The lowest BCUT2D eigenvalue weighted by molar-refractivity contribution is -0.141. The van der Waals surface area contributed by atoms with Crippen LogP contribution in [-0.4, -0.2) is 37.5 Å². The highest BCUT2D eigenvalue weighted by atomic mass is 19.4. The topological polar surface area (TPSA) is 68.0 Å². The van der Waals surface area contributed by atoms with Gasteiger partial charge in [-0.15, -0.1) is 0 Å². The molecule has 2 aromatic rings. The van der Waals surface area contributed by atoms with E-state index < -0.39 is 36.1 Å². The fourth-order valence-electron chi connectivity index (χ4n) is 3.55. The maximum atomic E-state index is 13.1. The summed E-state index contributed by atoms with van der Waals surface area (Å²) in [7, 11) is 0. The zero-order valence-corrected chi connectivity index (χ0v) is 16.6. The molecule has 1 fully saturated rings. The summed E-state index contributed by atoms with van der Waals surface area (Å²) in [6, 6.07) is 2.29. The number of fused-ring (bicyclic) bond motifs is 1. The molecule has 1 unspecified atom stereocenters. The number of aryl methyl sites for hydroxylation is 1. The molecule has 0 aromatic carbocycles. The van der Waals surface area contributed by atoms with Gasteiger partial charge in [-0.3, -0.25) is 4.79 Å². The van der Waals surface area contributed by atoms with Crippen LogP contribution in [0, 0.1) is 0 Å². The van der Waals surface area contributed by atoms with Gasteiger partial charge in [-0.2, -0.15) is 13.2 Å². The van der Waals surface area contributed by atoms with E-state index in [0.29, 0.717) is 30.6 Å². The van der Waals surface area contributed by atoms with Crippen molar-refractivity contribution in [3.05, 3.63) is 23.7 Å². The van der Waals surface area contributed by atoms with Crippen LogP contribution in [0.5, 0.6) is 0 Å². The second kappa shape index (κ2) is 8.56. The van der Waals surface area contributed by atoms with Gasteiger partial charge in [0.05, 0.1) is 0 Å². The molecule has 1 atom stereocenters. The van der Waals surface area contributed by atoms with Crippen molar-refractivity contribution in [1.82, 2.24) is 14.5 Å². The summed E-state index contributed by atoms with van der Waals surface area (Å²) in [4.78, 5) is 20.1. The Labute approximate surface area is 170 Å². The molecule has 1 aliphatic carbocycles. The number of carbonyl (C=O) groups is 1. The minimum absolute atomic E-state index is 0.0446. The summed E-state index contributed by atoms with van der Waals surface area (Å²) in [5.41, 5.74) is -2.68. The molecule has 10 heteroatoms. The third-order valence-corrected chi connectivity index (χ3v) is 5.47. The SMILES string of the molecule is CC(O)(CC(=O)CCCCc1nc2ccc(C(F)(F)F)nc2n1C1CCC1)C(F)F. The maximum Gasteiger partial charge on any atom is 0.433 e. The molecule has 2 aromatic heterocycles. The Balaban J connectivity index is 1.68. The van der Waals surface area contributed by atoms with Crippen LogP contribution in [0.4, 0.5) is 22.0 Å². The Bertz CT molecular complexity index is 904. The zero-order valence-electron chi connectivity index (χ0n) is 16.6. The predicted octanol–water partition coefficient (Wildman–Crippen LogP) is 4.86. The minimum atomic E-state index is -4.54. The van der Waals surface area contributed by atoms with Crippen LogP contribution in [-0.2, 0) is 17.4 Å². The summed E-state index contributed by atoms with van der Waals surface area (Å²) in [5, 5.41) is 9.52. The van der Waals surface area contributed by atoms with Crippen LogP contribution in [0.2, 0.25) is 0 Å². The normalized spacial score (nSPS) is 17.3. The van der Waals surface area contributed by atoms with E-state index in [1.807, 2.05) is 0 Å². The fraction of sp³-hybridized carbons (Fsp3) is 0.650. The Kier molecular flexibility index (Phi) is 6.45. The van der Waals surface area contributed by atoms with Crippen molar-refractivity contribution < 1.29 is 31.9 Å². The molecule has 0 bridgehead atoms. The van der Waals surface area contributed by atoms with Gasteiger partial charge in [-0.1, -0.05) is 0 Å². The first-order chi connectivity index (χ1) is 14.0. The lowest BCUT2D eigenvalue weighted by Crippen LogP contribution is -2.35. The van der Waals surface area contributed by atoms with Crippen LogP contribution in [0.15, 0.2) is 12.1 Å². The van der Waals surface area contributed by atoms with Crippen LogP contribution >= 0.6 is 0 Å². The monoisotopic (exact) mass is 433 g/mol. The van der Waals surface area contributed by atoms with E-state index in [9.17, 15) is 31.9 Å². The molecule has 2 heterocycles. The number of unbranched alkanes of at least 4 members (excludes halogenated alkanes) is 1. The number of ketones is 1. The number of nitrogens with zero attached hydrogens (tertiary/aromatic N) is 3. The van der Waals surface area contributed by atoms with Gasteiger partial charge in [0.2, 0.25) is 0 Å². The van der Waals surface area contributed by atoms with Gasteiger partial charge < -0.3 is 9.67 Å². The van der Waals surface area contributed by atoms with E-state index in [0.717, 1.165) is 32.3 Å². The van der Waals surface area contributed by atoms with Crippen molar-refractivity contribution in [1.29, 1.82) is 0 Å². The Hall–Kier alpha value is -2.10. The van der Waals surface area contributed by atoms with Crippen LogP contribution < -0.4 is 0 Å². The number of aromatic nitrogens is 3. The molecule has 1 N–H and O–H groups in total. The number of hydrogen-bond donors (Lipinski definition) is 1. The van der Waals surface area contributed by atoms with E-state index in [-0.39, 0.29) is 18.1 Å². The molecule has 5 nitrogen and oxygen atoms in total. The molecule has 1 aliphatic rings. The number of carbonyl (C=O) groups excluding carboxylic acids is 1. The predicted molar refractivity (Wildman–Crippen MR) is 99.2 cm³/mol. The number of Topliss-reactive ketones (excluding diaryl/α,β-unsaturated/α-hetero) is 1. The van der Waals surface area contributed by atoms with Gasteiger partial charge >= 0.3 is 6.18 Å². The highest BCUT2D eigenvalue weighted by Gasteiger charge is 2.35. The number of hydrogen-bond acceptors (Lipinski definition) is 4. The summed E-state index contributed by atoms with van der Waals surface area (Å²) < 4.78 is 66.2. The van der Waals surface area contributed by atoms with E-state index >= 15 is 0 Å². The number of aliphatic hydroxyl groups is 1. The highest BCUT2D eigenvalue weighted by molar-refractivity contribution is 5.79. The Morgan fingerprint density at radius 3 is 2.50 bits per heavy atom. The molecule has 3 rings (SSSR count). The van der Waals surface area contributed by atoms with E-state index in [1.54, 1.807) is 4.57 Å². The van der Waals surface area contributed by atoms with E-state index in [1.165, 1.54) is 6.07 Å². The third kappa shape index (κ3) is 4.96. The first kappa shape index (κ1) is 22.6. The third-order valence-electron chi connectivity index (χ3n) is 5.47. The summed E-state index contributed by atoms with van der Waals surface area (Å²) in [6.45, 7) is 0.929. The molecule has 30 heavy (non-hydrogen) atoms.